The predicted octanol–water partition coefficient (Wildman–Crippen LogP) is 1.19. The highest BCUT2D eigenvalue weighted by Gasteiger charge is 2.19. The van der Waals surface area contributed by atoms with Crippen LogP contribution >= 0.6 is 0 Å². The van der Waals surface area contributed by atoms with Gasteiger partial charge in [-0.25, -0.2) is 4.98 Å². The molecule has 2 N–H and O–H groups in total. The fourth-order valence-corrected chi connectivity index (χ4v) is 1.86. The Labute approximate surface area is 119 Å². The molecule has 1 aromatic carbocycles. The van der Waals surface area contributed by atoms with Crippen LogP contribution in [0, 0.1) is 10.1 Å². The third-order valence-corrected chi connectivity index (χ3v) is 2.96. The zero-order valence-corrected chi connectivity index (χ0v) is 11.1. The van der Waals surface area contributed by atoms with Gasteiger partial charge in [0.2, 0.25) is 0 Å². The Morgan fingerprint density at radius 2 is 2.29 bits per heavy atom. The molecule has 0 fully saturated rings. The lowest BCUT2D eigenvalue weighted by atomic mass is 10.1. The molecule has 1 atom stereocenters. The molecule has 0 aliphatic heterocycles. The van der Waals surface area contributed by atoms with Crippen molar-refractivity contribution in [2.75, 3.05) is 13.7 Å². The normalized spacial score (nSPS) is 12.0. The summed E-state index contributed by atoms with van der Waals surface area (Å²) < 4.78 is 5.46. The summed E-state index contributed by atoms with van der Waals surface area (Å²) in [6.45, 7) is -0.104. The number of ether oxygens (including phenoxy) is 1. The summed E-state index contributed by atoms with van der Waals surface area (Å²) in [6, 6.07) is 5.13. The van der Waals surface area contributed by atoms with E-state index >= 15 is 0 Å². The molecule has 0 saturated heterocycles. The standard InChI is InChI=1S/C13H13N3O5/c1-14-9(13(17)18)7-21-11-5-4-10(16(19)20)12-8(11)3-2-6-15-12/h2-6,9,14H,7H2,1H3,(H,17,18). The zero-order chi connectivity index (χ0) is 15.4. The number of carboxylic acids is 1. The highest BCUT2D eigenvalue weighted by Crippen LogP contribution is 2.31. The van der Waals surface area contributed by atoms with Gasteiger partial charge in [0, 0.05) is 17.6 Å². The first-order chi connectivity index (χ1) is 10.0. The van der Waals surface area contributed by atoms with Gasteiger partial charge in [-0.3, -0.25) is 14.9 Å². The fourth-order valence-electron chi connectivity index (χ4n) is 1.86. The molecule has 0 aliphatic carbocycles. The van der Waals surface area contributed by atoms with Crippen molar-refractivity contribution in [3.8, 4) is 5.75 Å². The van der Waals surface area contributed by atoms with E-state index < -0.39 is 16.9 Å². The van der Waals surface area contributed by atoms with Crippen molar-refractivity contribution >= 4 is 22.6 Å². The summed E-state index contributed by atoms with van der Waals surface area (Å²) in [6.07, 6.45) is 1.45. The van der Waals surface area contributed by atoms with E-state index in [1.165, 1.54) is 25.4 Å². The van der Waals surface area contributed by atoms with Gasteiger partial charge in [-0.05, 0) is 25.2 Å². The minimum Gasteiger partial charge on any atom is -0.491 e. The lowest BCUT2D eigenvalue weighted by molar-refractivity contribution is -0.383. The maximum absolute atomic E-state index is 11.0. The summed E-state index contributed by atoms with van der Waals surface area (Å²) in [5.74, 6) is -0.688. The van der Waals surface area contributed by atoms with E-state index in [1.807, 2.05) is 0 Å². The number of carbonyl (C=O) groups is 1. The number of hydrogen-bond acceptors (Lipinski definition) is 6. The van der Waals surface area contributed by atoms with Crippen molar-refractivity contribution in [3.05, 3.63) is 40.6 Å². The zero-order valence-electron chi connectivity index (χ0n) is 11.1. The summed E-state index contributed by atoms with van der Waals surface area (Å²) in [4.78, 5) is 25.4. The van der Waals surface area contributed by atoms with Crippen LogP contribution in [0.15, 0.2) is 30.5 Å². The number of aromatic nitrogens is 1. The average molecular weight is 291 g/mol. The minimum atomic E-state index is -1.04. The van der Waals surface area contributed by atoms with E-state index in [9.17, 15) is 14.9 Å². The van der Waals surface area contributed by atoms with Crippen LogP contribution < -0.4 is 10.1 Å². The van der Waals surface area contributed by atoms with Gasteiger partial charge in [0.1, 0.15) is 18.4 Å². The van der Waals surface area contributed by atoms with Crippen molar-refractivity contribution in [1.82, 2.24) is 10.3 Å². The number of pyridine rings is 1. The first kappa shape index (κ1) is 14.7. The molecular weight excluding hydrogens is 278 g/mol. The number of benzene rings is 1. The van der Waals surface area contributed by atoms with Gasteiger partial charge in [-0.1, -0.05) is 0 Å². The molecule has 1 heterocycles. The van der Waals surface area contributed by atoms with E-state index in [0.717, 1.165) is 0 Å². The molecule has 110 valence electrons. The number of likely N-dealkylation sites (N-methyl/N-ethyl adjacent to an activating group) is 1. The predicted molar refractivity (Wildman–Crippen MR) is 74.4 cm³/mol. The fraction of sp³-hybridized carbons (Fsp3) is 0.231. The maximum atomic E-state index is 11.0. The van der Waals surface area contributed by atoms with Gasteiger partial charge in [0.25, 0.3) is 5.69 Å². The molecule has 0 bridgehead atoms. The van der Waals surface area contributed by atoms with Crippen LogP contribution in [0.5, 0.6) is 5.75 Å². The summed E-state index contributed by atoms with van der Waals surface area (Å²) in [5.41, 5.74) is 0.0812. The van der Waals surface area contributed by atoms with Gasteiger partial charge in [0.05, 0.1) is 4.92 Å². The van der Waals surface area contributed by atoms with Crippen LogP contribution in [0.1, 0.15) is 0 Å². The molecule has 1 unspecified atom stereocenters. The van der Waals surface area contributed by atoms with Crippen molar-refractivity contribution < 1.29 is 19.6 Å². The molecule has 2 rings (SSSR count). The Kier molecular flexibility index (Phi) is 4.29. The molecule has 0 amide bonds. The second-order valence-corrected chi connectivity index (χ2v) is 4.23. The van der Waals surface area contributed by atoms with Gasteiger partial charge in [0.15, 0.2) is 5.52 Å². The molecule has 21 heavy (non-hydrogen) atoms. The van der Waals surface area contributed by atoms with Gasteiger partial charge in [-0.15, -0.1) is 0 Å². The van der Waals surface area contributed by atoms with Crippen LogP contribution in [0.3, 0.4) is 0 Å². The van der Waals surface area contributed by atoms with Gasteiger partial charge < -0.3 is 15.2 Å². The van der Waals surface area contributed by atoms with E-state index in [0.29, 0.717) is 11.1 Å². The van der Waals surface area contributed by atoms with Crippen molar-refractivity contribution in [2.24, 2.45) is 0 Å². The smallest absolute Gasteiger partial charge is 0.324 e. The first-order valence-electron chi connectivity index (χ1n) is 6.09. The molecule has 0 aliphatic rings. The van der Waals surface area contributed by atoms with Gasteiger partial charge in [-0.2, -0.15) is 0 Å². The number of fused-ring (bicyclic) bond motifs is 1. The van der Waals surface area contributed by atoms with E-state index in [2.05, 4.69) is 10.3 Å². The Hall–Kier alpha value is -2.74. The number of nitrogens with one attached hydrogen (secondary N) is 1. The van der Waals surface area contributed by atoms with Gasteiger partial charge >= 0.3 is 5.97 Å². The Balaban J connectivity index is 2.35. The SMILES string of the molecule is CNC(COc1ccc([N+](=O)[O-])c2ncccc12)C(=O)O. The number of nitrogens with zero attached hydrogens (tertiary/aromatic N) is 2. The molecule has 2 aromatic rings. The molecule has 0 radical (unpaired) electrons. The van der Waals surface area contributed by atoms with Crippen molar-refractivity contribution in [3.63, 3.8) is 0 Å². The topological polar surface area (TPSA) is 115 Å². The molecule has 8 nitrogen and oxygen atoms in total. The Morgan fingerprint density at radius 3 is 2.90 bits per heavy atom. The molecular formula is C13H13N3O5. The Morgan fingerprint density at radius 1 is 1.52 bits per heavy atom. The van der Waals surface area contributed by atoms with Crippen LogP contribution in [0.4, 0.5) is 5.69 Å². The minimum absolute atomic E-state index is 0.104. The van der Waals surface area contributed by atoms with E-state index in [1.54, 1.807) is 12.1 Å². The monoisotopic (exact) mass is 291 g/mol. The average Bonchev–Trinajstić information content (AvgIpc) is 2.47. The Bertz CT molecular complexity index is 689. The highest BCUT2D eigenvalue weighted by atomic mass is 16.6. The number of aliphatic carboxylic acids is 1. The summed E-state index contributed by atoms with van der Waals surface area (Å²) in [5, 5.41) is 23.0. The number of rotatable bonds is 6. The largest absolute Gasteiger partial charge is 0.491 e. The molecule has 1 aromatic heterocycles. The number of nitro groups is 1. The van der Waals surface area contributed by atoms with Crippen LogP contribution in [-0.2, 0) is 4.79 Å². The molecule has 0 saturated carbocycles. The molecule has 8 heteroatoms. The third-order valence-electron chi connectivity index (χ3n) is 2.96. The van der Waals surface area contributed by atoms with E-state index in [-0.39, 0.29) is 17.8 Å². The van der Waals surface area contributed by atoms with Crippen molar-refractivity contribution in [1.29, 1.82) is 0 Å². The second kappa shape index (κ2) is 6.14. The first-order valence-corrected chi connectivity index (χ1v) is 6.09. The number of nitro benzene ring substituents is 1. The lowest BCUT2D eigenvalue weighted by Crippen LogP contribution is -2.39. The number of carboxylic acid groups (broad SMARTS) is 1. The van der Waals surface area contributed by atoms with Crippen LogP contribution in [0.25, 0.3) is 10.9 Å². The highest BCUT2D eigenvalue weighted by molar-refractivity contribution is 5.92. The summed E-state index contributed by atoms with van der Waals surface area (Å²) in [7, 11) is 1.51. The lowest BCUT2D eigenvalue weighted by Gasteiger charge is -2.14. The number of non-ortho nitro benzene ring substituents is 1. The van der Waals surface area contributed by atoms with Crippen LogP contribution in [0.2, 0.25) is 0 Å². The second-order valence-electron chi connectivity index (χ2n) is 4.23. The maximum Gasteiger partial charge on any atom is 0.324 e. The summed E-state index contributed by atoms with van der Waals surface area (Å²) >= 11 is 0. The third kappa shape index (κ3) is 3.06. The molecule has 0 spiro atoms. The van der Waals surface area contributed by atoms with Crippen LogP contribution in [-0.4, -0.2) is 40.7 Å². The quantitative estimate of drug-likeness (QED) is 0.606. The number of hydrogen-bond donors (Lipinski definition) is 2. The van der Waals surface area contributed by atoms with E-state index in [4.69, 9.17) is 9.84 Å². The van der Waals surface area contributed by atoms with Crippen molar-refractivity contribution in [2.45, 2.75) is 6.04 Å².